The summed E-state index contributed by atoms with van der Waals surface area (Å²) < 4.78 is 1.74. The number of likely N-dealkylation sites (tertiary alicyclic amines) is 1. The Bertz CT molecular complexity index is 1100. The Labute approximate surface area is 186 Å². The summed E-state index contributed by atoms with van der Waals surface area (Å²) in [5.74, 6) is 1.66. The van der Waals surface area contributed by atoms with Gasteiger partial charge in [0.1, 0.15) is 11.6 Å². The minimum Gasteiger partial charge on any atom is -0.338 e. The van der Waals surface area contributed by atoms with Gasteiger partial charge in [-0.2, -0.15) is 5.10 Å². The fourth-order valence-corrected chi connectivity index (χ4v) is 4.55. The first-order valence-electron chi connectivity index (χ1n) is 10.4. The molecule has 0 unspecified atom stereocenters. The lowest BCUT2D eigenvalue weighted by Gasteiger charge is -2.32. The van der Waals surface area contributed by atoms with Crippen LogP contribution in [0.2, 0.25) is 0 Å². The fourth-order valence-electron chi connectivity index (χ4n) is 3.73. The Morgan fingerprint density at radius 2 is 2.10 bits per heavy atom. The number of hydrogen-bond donors (Lipinski definition) is 1. The molecule has 0 bridgehead atoms. The zero-order valence-electron chi connectivity index (χ0n) is 18.3. The smallest absolute Gasteiger partial charge is 0.246 e. The molecule has 3 aromatic heterocycles. The molecule has 0 saturated carbocycles. The number of piperidine rings is 1. The van der Waals surface area contributed by atoms with Gasteiger partial charge in [0.2, 0.25) is 5.91 Å². The minimum atomic E-state index is 0.0174. The van der Waals surface area contributed by atoms with Gasteiger partial charge in [-0.25, -0.2) is 15.0 Å². The molecule has 1 aliphatic heterocycles. The average Bonchev–Trinajstić information content (AvgIpc) is 3.29. The number of amides is 1. The first-order valence-corrected chi connectivity index (χ1v) is 11.2. The van der Waals surface area contributed by atoms with E-state index in [9.17, 15) is 4.79 Å². The van der Waals surface area contributed by atoms with E-state index in [-0.39, 0.29) is 11.8 Å². The molecule has 3 aromatic rings. The number of nitrogens with one attached hydrogen (secondary N) is 1. The topological polar surface area (TPSA) is 88.8 Å². The predicted octanol–water partition coefficient (Wildman–Crippen LogP) is 3.75. The maximum atomic E-state index is 12.7. The van der Waals surface area contributed by atoms with Crippen molar-refractivity contribution in [2.75, 3.05) is 18.4 Å². The Balaban J connectivity index is 1.47. The number of aromatic nitrogens is 5. The van der Waals surface area contributed by atoms with Crippen LogP contribution in [0.5, 0.6) is 0 Å². The lowest BCUT2D eigenvalue weighted by Crippen LogP contribution is -2.38. The van der Waals surface area contributed by atoms with Crippen LogP contribution in [0.15, 0.2) is 24.4 Å². The molecule has 8 nitrogen and oxygen atoms in total. The molecule has 1 aliphatic rings. The third-order valence-electron chi connectivity index (χ3n) is 5.53. The summed E-state index contributed by atoms with van der Waals surface area (Å²) in [5, 5.41) is 8.28. The van der Waals surface area contributed by atoms with E-state index >= 15 is 0 Å². The van der Waals surface area contributed by atoms with Gasteiger partial charge >= 0.3 is 0 Å². The molecular weight excluding hydrogens is 410 g/mol. The van der Waals surface area contributed by atoms with Gasteiger partial charge in [0.05, 0.1) is 17.1 Å². The van der Waals surface area contributed by atoms with Crippen LogP contribution in [0.25, 0.3) is 6.08 Å². The van der Waals surface area contributed by atoms with E-state index < -0.39 is 0 Å². The Morgan fingerprint density at radius 1 is 1.26 bits per heavy atom. The molecular formula is C22H27N7OS. The van der Waals surface area contributed by atoms with Gasteiger partial charge in [-0.15, -0.1) is 11.3 Å². The van der Waals surface area contributed by atoms with Gasteiger partial charge in [-0.1, -0.05) is 0 Å². The molecule has 0 aliphatic carbocycles. The highest BCUT2D eigenvalue weighted by molar-refractivity contribution is 7.15. The maximum absolute atomic E-state index is 12.7. The van der Waals surface area contributed by atoms with Gasteiger partial charge in [-0.3, -0.25) is 9.48 Å². The van der Waals surface area contributed by atoms with Gasteiger partial charge in [-0.05, 0) is 45.8 Å². The Hall–Kier alpha value is -3.07. The molecule has 1 saturated heterocycles. The summed E-state index contributed by atoms with van der Waals surface area (Å²) >= 11 is 1.62. The monoisotopic (exact) mass is 437 g/mol. The first-order chi connectivity index (χ1) is 14.9. The van der Waals surface area contributed by atoms with Crippen LogP contribution in [0, 0.1) is 20.8 Å². The van der Waals surface area contributed by atoms with E-state index in [0.717, 1.165) is 47.4 Å². The van der Waals surface area contributed by atoms with E-state index in [1.807, 2.05) is 44.0 Å². The summed E-state index contributed by atoms with van der Waals surface area (Å²) in [5.41, 5.74) is 2.89. The molecule has 0 radical (unpaired) electrons. The summed E-state index contributed by atoms with van der Waals surface area (Å²) in [7, 11) is 1.86. The van der Waals surface area contributed by atoms with Crippen LogP contribution in [-0.4, -0.2) is 48.6 Å². The van der Waals surface area contributed by atoms with Crippen LogP contribution in [0.3, 0.4) is 0 Å². The maximum Gasteiger partial charge on any atom is 0.246 e. The van der Waals surface area contributed by atoms with Crippen molar-refractivity contribution in [1.29, 1.82) is 0 Å². The highest BCUT2D eigenvalue weighted by Crippen LogP contribution is 2.29. The molecule has 162 valence electrons. The van der Waals surface area contributed by atoms with Gasteiger partial charge in [0.15, 0.2) is 5.13 Å². The number of rotatable bonds is 5. The summed E-state index contributed by atoms with van der Waals surface area (Å²) in [6.45, 7) is 7.38. The van der Waals surface area contributed by atoms with Crippen molar-refractivity contribution in [1.82, 2.24) is 29.6 Å². The molecule has 0 aromatic carbocycles. The highest BCUT2D eigenvalue weighted by Gasteiger charge is 2.25. The number of aryl methyl sites for hydroxylation is 4. The van der Waals surface area contributed by atoms with E-state index in [1.165, 1.54) is 4.88 Å². The molecule has 1 atom stereocenters. The number of thiazole rings is 1. The zero-order chi connectivity index (χ0) is 22.0. The Kier molecular flexibility index (Phi) is 6.13. The molecule has 9 heteroatoms. The van der Waals surface area contributed by atoms with E-state index in [0.29, 0.717) is 12.4 Å². The lowest BCUT2D eigenvalue weighted by molar-refractivity contribution is -0.127. The van der Waals surface area contributed by atoms with Crippen LogP contribution < -0.4 is 5.32 Å². The zero-order valence-corrected chi connectivity index (χ0v) is 19.1. The highest BCUT2D eigenvalue weighted by atomic mass is 32.1. The number of carbonyl (C=O) groups is 1. The van der Waals surface area contributed by atoms with E-state index in [1.54, 1.807) is 28.3 Å². The van der Waals surface area contributed by atoms with Crippen molar-refractivity contribution in [3.63, 3.8) is 0 Å². The number of anilines is 2. The third kappa shape index (κ3) is 4.99. The van der Waals surface area contributed by atoms with Crippen molar-refractivity contribution in [3.8, 4) is 0 Å². The minimum absolute atomic E-state index is 0.0174. The van der Waals surface area contributed by atoms with Crippen molar-refractivity contribution < 1.29 is 4.79 Å². The summed E-state index contributed by atoms with van der Waals surface area (Å²) in [6.07, 6.45) is 7.12. The second-order valence-corrected chi connectivity index (χ2v) is 9.05. The average molecular weight is 438 g/mol. The summed E-state index contributed by atoms with van der Waals surface area (Å²) in [4.78, 5) is 29.6. The quantitative estimate of drug-likeness (QED) is 0.612. The normalized spacial score (nSPS) is 16.8. The lowest BCUT2D eigenvalue weighted by atomic mass is 9.94. The van der Waals surface area contributed by atoms with E-state index in [4.69, 9.17) is 0 Å². The fraction of sp³-hybridized carbons (Fsp3) is 0.409. The van der Waals surface area contributed by atoms with Gasteiger partial charge in [0, 0.05) is 49.3 Å². The predicted molar refractivity (Wildman–Crippen MR) is 122 cm³/mol. The van der Waals surface area contributed by atoms with E-state index in [2.05, 4.69) is 32.3 Å². The van der Waals surface area contributed by atoms with Crippen LogP contribution in [0.4, 0.5) is 10.9 Å². The van der Waals surface area contributed by atoms with Crippen molar-refractivity contribution in [2.45, 2.75) is 39.5 Å². The van der Waals surface area contributed by atoms with Gasteiger partial charge in [0.25, 0.3) is 0 Å². The molecule has 31 heavy (non-hydrogen) atoms. The van der Waals surface area contributed by atoms with Crippen LogP contribution >= 0.6 is 11.3 Å². The Morgan fingerprint density at radius 3 is 2.81 bits per heavy atom. The van der Waals surface area contributed by atoms with Crippen molar-refractivity contribution >= 4 is 34.3 Å². The number of carbonyl (C=O) groups excluding carboxylic acids is 1. The van der Waals surface area contributed by atoms with Crippen molar-refractivity contribution in [2.24, 2.45) is 7.05 Å². The van der Waals surface area contributed by atoms with Crippen molar-refractivity contribution in [3.05, 3.63) is 52.2 Å². The molecule has 1 fully saturated rings. The van der Waals surface area contributed by atoms with Crippen LogP contribution in [0.1, 0.15) is 46.5 Å². The SMILES string of the molecule is Cc1nc(Nc2nc(C)c(C)s2)cc([C@H]2CCCN(C(=O)/C=C/c3ccnn3C)C2)n1. The molecule has 4 heterocycles. The molecule has 1 amide bonds. The third-order valence-corrected chi connectivity index (χ3v) is 6.52. The summed E-state index contributed by atoms with van der Waals surface area (Å²) in [6, 6.07) is 3.87. The standard InChI is InChI=1S/C22H27N7OS/c1-14-15(2)31-22(24-14)27-20-12-19(25-16(3)26-20)17-6-5-11-29(13-17)21(30)8-7-18-9-10-23-28(18)4/h7-10,12,17H,5-6,11,13H2,1-4H3,(H,24,25,26,27)/b8-7+/t17-/m0/s1. The second kappa shape index (κ2) is 8.97. The number of hydrogen-bond acceptors (Lipinski definition) is 7. The number of nitrogens with zero attached hydrogens (tertiary/aromatic N) is 6. The largest absolute Gasteiger partial charge is 0.338 e. The first kappa shape index (κ1) is 21.2. The van der Waals surface area contributed by atoms with Gasteiger partial charge < -0.3 is 10.2 Å². The van der Waals surface area contributed by atoms with Crippen LogP contribution in [-0.2, 0) is 11.8 Å². The molecule has 4 rings (SSSR count). The molecule has 1 N–H and O–H groups in total. The molecule has 0 spiro atoms. The second-order valence-electron chi connectivity index (χ2n) is 7.85.